The number of nitrogens with one attached hydrogen (secondary N) is 1. The molecule has 0 fully saturated rings. The summed E-state index contributed by atoms with van der Waals surface area (Å²) < 4.78 is 0. The van der Waals surface area contributed by atoms with Gasteiger partial charge in [-0.15, -0.1) is 0 Å². The van der Waals surface area contributed by atoms with Gasteiger partial charge in [-0.3, -0.25) is 0 Å². The third-order valence-corrected chi connectivity index (χ3v) is 1.11. The van der Waals surface area contributed by atoms with Gasteiger partial charge in [-0.2, -0.15) is 0 Å². The Bertz CT molecular complexity index is 50.1. The predicted octanol–water partition coefficient (Wildman–Crippen LogP) is 4.43. The highest BCUT2D eigenvalue weighted by Crippen LogP contribution is 1.90. The van der Waals surface area contributed by atoms with E-state index in [1.807, 2.05) is 0 Å². The lowest BCUT2D eigenvalue weighted by atomic mass is 10.2. The molecule has 0 unspecified atom stereocenters. The predicted molar refractivity (Wildman–Crippen MR) is 69.5 cm³/mol. The van der Waals surface area contributed by atoms with Crippen LogP contribution in [0.15, 0.2) is 0 Å². The van der Waals surface area contributed by atoms with Crippen molar-refractivity contribution in [3.8, 4) is 0 Å². The molecule has 1 heteroatoms. The summed E-state index contributed by atoms with van der Waals surface area (Å²) >= 11 is 0. The second-order valence-electron chi connectivity index (χ2n) is 3.45. The SMILES string of the molecule is C.C.C.C.CC(C)CNCC(C)C. The highest BCUT2D eigenvalue weighted by Gasteiger charge is 1.93. The fourth-order valence-electron chi connectivity index (χ4n) is 0.661. The van der Waals surface area contributed by atoms with E-state index in [-0.39, 0.29) is 29.7 Å². The largest absolute Gasteiger partial charge is 0.316 e. The Morgan fingerprint density at radius 1 is 0.692 bits per heavy atom. The summed E-state index contributed by atoms with van der Waals surface area (Å²) in [5.74, 6) is 1.56. The van der Waals surface area contributed by atoms with Gasteiger partial charge in [0, 0.05) is 0 Å². The zero-order valence-electron chi connectivity index (χ0n) is 7.07. The van der Waals surface area contributed by atoms with Crippen molar-refractivity contribution in [1.82, 2.24) is 5.32 Å². The molecule has 0 bridgehead atoms. The van der Waals surface area contributed by atoms with Crippen LogP contribution in [-0.4, -0.2) is 13.1 Å². The van der Waals surface area contributed by atoms with Crippen molar-refractivity contribution < 1.29 is 0 Å². The van der Waals surface area contributed by atoms with Gasteiger partial charge in [0.2, 0.25) is 0 Å². The molecular weight excluding hydrogens is 158 g/mol. The van der Waals surface area contributed by atoms with Gasteiger partial charge in [0.1, 0.15) is 0 Å². The molecule has 0 aromatic carbocycles. The van der Waals surface area contributed by atoms with Crippen LogP contribution < -0.4 is 5.32 Å². The average molecular weight is 193 g/mol. The normalized spacial score (nSPS) is 7.85. The third-order valence-electron chi connectivity index (χ3n) is 1.11. The minimum Gasteiger partial charge on any atom is -0.316 e. The van der Waals surface area contributed by atoms with E-state index in [4.69, 9.17) is 0 Å². The first kappa shape index (κ1) is 29.3. The second-order valence-corrected chi connectivity index (χ2v) is 3.45. The van der Waals surface area contributed by atoms with Crippen molar-refractivity contribution in [1.29, 1.82) is 0 Å². The average Bonchev–Trinajstić information content (AvgIpc) is 1.63. The number of hydrogen-bond donors (Lipinski definition) is 1. The lowest BCUT2D eigenvalue weighted by molar-refractivity contribution is 0.497. The van der Waals surface area contributed by atoms with Crippen LogP contribution in [-0.2, 0) is 0 Å². The smallest absolute Gasteiger partial charge is 0.00257 e. The van der Waals surface area contributed by atoms with Gasteiger partial charge < -0.3 is 5.32 Å². The first-order valence-corrected chi connectivity index (χ1v) is 3.83. The van der Waals surface area contributed by atoms with E-state index in [1.165, 1.54) is 0 Å². The molecule has 0 aromatic rings. The molecule has 1 nitrogen and oxygen atoms in total. The van der Waals surface area contributed by atoms with Crippen LogP contribution in [0.4, 0.5) is 0 Å². The summed E-state index contributed by atoms with van der Waals surface area (Å²) in [7, 11) is 0. The maximum atomic E-state index is 3.38. The van der Waals surface area contributed by atoms with E-state index in [0.717, 1.165) is 24.9 Å². The van der Waals surface area contributed by atoms with Crippen LogP contribution in [0.5, 0.6) is 0 Å². The van der Waals surface area contributed by atoms with Gasteiger partial charge >= 0.3 is 0 Å². The first-order valence-electron chi connectivity index (χ1n) is 3.83. The molecule has 0 spiro atoms. The summed E-state index contributed by atoms with van der Waals surface area (Å²) in [4.78, 5) is 0. The van der Waals surface area contributed by atoms with Crippen molar-refractivity contribution in [3.05, 3.63) is 0 Å². The molecule has 0 heterocycles. The fourth-order valence-corrected chi connectivity index (χ4v) is 0.661. The van der Waals surface area contributed by atoms with E-state index in [9.17, 15) is 0 Å². The molecule has 0 aliphatic rings. The zero-order chi connectivity index (χ0) is 7.28. The summed E-state index contributed by atoms with van der Waals surface area (Å²) in [5.41, 5.74) is 0. The molecule has 0 radical (unpaired) electrons. The number of hydrogen-bond acceptors (Lipinski definition) is 1. The third kappa shape index (κ3) is 33.4. The van der Waals surface area contributed by atoms with E-state index < -0.39 is 0 Å². The maximum absolute atomic E-state index is 3.38. The molecule has 0 saturated carbocycles. The zero-order valence-corrected chi connectivity index (χ0v) is 7.07. The second kappa shape index (κ2) is 17.9. The molecule has 0 rings (SSSR count). The van der Waals surface area contributed by atoms with E-state index in [0.29, 0.717) is 0 Å². The Labute approximate surface area is 88.3 Å². The van der Waals surface area contributed by atoms with E-state index in [2.05, 4.69) is 33.0 Å². The molecule has 13 heavy (non-hydrogen) atoms. The molecule has 88 valence electrons. The van der Waals surface area contributed by atoms with E-state index in [1.54, 1.807) is 0 Å². The van der Waals surface area contributed by atoms with Gasteiger partial charge in [0.25, 0.3) is 0 Å². The van der Waals surface area contributed by atoms with Crippen LogP contribution in [0.3, 0.4) is 0 Å². The quantitative estimate of drug-likeness (QED) is 0.696. The summed E-state index contributed by atoms with van der Waals surface area (Å²) in [6.07, 6.45) is 0. The highest BCUT2D eigenvalue weighted by molar-refractivity contribution is 4.52. The molecular formula is C12H35N. The van der Waals surface area contributed by atoms with Gasteiger partial charge in [-0.25, -0.2) is 0 Å². The standard InChI is InChI=1S/C8H19N.4CH4/c1-7(2)5-9-6-8(3)4;;;;/h7-9H,5-6H2,1-4H3;4*1H4. The molecule has 1 N–H and O–H groups in total. The maximum Gasteiger partial charge on any atom is -0.00257 e. The van der Waals surface area contributed by atoms with Gasteiger partial charge in [-0.1, -0.05) is 57.4 Å². The van der Waals surface area contributed by atoms with Crippen LogP contribution in [0, 0.1) is 11.8 Å². The van der Waals surface area contributed by atoms with Crippen molar-refractivity contribution in [3.63, 3.8) is 0 Å². The molecule has 0 aliphatic heterocycles. The lowest BCUT2D eigenvalue weighted by Crippen LogP contribution is -2.23. The Morgan fingerprint density at radius 3 is 1.08 bits per heavy atom. The molecule has 0 saturated heterocycles. The first-order chi connectivity index (χ1) is 4.13. The molecule has 0 amide bonds. The Hall–Kier alpha value is -0.0400. The molecule has 0 aliphatic carbocycles. The van der Waals surface area contributed by atoms with Crippen LogP contribution >= 0.6 is 0 Å². The monoisotopic (exact) mass is 193 g/mol. The lowest BCUT2D eigenvalue weighted by Gasteiger charge is -2.08. The van der Waals surface area contributed by atoms with Crippen LogP contribution in [0.1, 0.15) is 57.4 Å². The minimum absolute atomic E-state index is 0. The minimum atomic E-state index is 0. The topological polar surface area (TPSA) is 12.0 Å². The summed E-state index contributed by atoms with van der Waals surface area (Å²) in [6.45, 7) is 11.2. The van der Waals surface area contributed by atoms with Crippen LogP contribution in [0.2, 0.25) is 0 Å². The molecule has 0 atom stereocenters. The van der Waals surface area contributed by atoms with Crippen molar-refractivity contribution in [2.45, 2.75) is 57.4 Å². The Kier molecular flexibility index (Phi) is 40.3. The van der Waals surface area contributed by atoms with Gasteiger partial charge in [0.15, 0.2) is 0 Å². The molecule has 0 aromatic heterocycles. The Morgan fingerprint density at radius 2 is 0.923 bits per heavy atom. The van der Waals surface area contributed by atoms with Gasteiger partial charge in [-0.05, 0) is 24.9 Å². The van der Waals surface area contributed by atoms with Crippen molar-refractivity contribution in [2.75, 3.05) is 13.1 Å². The summed E-state index contributed by atoms with van der Waals surface area (Å²) in [5, 5.41) is 3.38. The number of rotatable bonds is 4. The van der Waals surface area contributed by atoms with E-state index >= 15 is 0 Å². The summed E-state index contributed by atoms with van der Waals surface area (Å²) in [6, 6.07) is 0. The van der Waals surface area contributed by atoms with Crippen molar-refractivity contribution in [2.24, 2.45) is 11.8 Å². The fraction of sp³-hybridized carbons (Fsp3) is 1.00. The van der Waals surface area contributed by atoms with Crippen molar-refractivity contribution >= 4 is 0 Å². The van der Waals surface area contributed by atoms with Crippen LogP contribution in [0.25, 0.3) is 0 Å². The van der Waals surface area contributed by atoms with Gasteiger partial charge in [0.05, 0.1) is 0 Å². The Balaban J connectivity index is -0.0000000533. The highest BCUT2D eigenvalue weighted by atomic mass is 14.9.